The van der Waals surface area contributed by atoms with Gasteiger partial charge in [-0.2, -0.15) is 4.98 Å². The van der Waals surface area contributed by atoms with E-state index in [1.807, 2.05) is 19.1 Å². The molecule has 0 fully saturated rings. The second-order valence-corrected chi connectivity index (χ2v) is 4.15. The molecule has 4 heteroatoms. The molecule has 0 aromatic carbocycles. The molecule has 1 aromatic heterocycles. The normalized spacial score (nSPS) is 19.0. The third-order valence-corrected chi connectivity index (χ3v) is 2.79. The van der Waals surface area contributed by atoms with Crippen molar-refractivity contribution in [3.63, 3.8) is 0 Å². The number of anilines is 2. The molecule has 0 amide bonds. The molecular weight excluding hydrogens is 214 g/mol. The van der Waals surface area contributed by atoms with Crippen molar-refractivity contribution < 1.29 is 4.74 Å². The van der Waals surface area contributed by atoms with Crippen LogP contribution in [0.4, 0.5) is 11.5 Å². The van der Waals surface area contributed by atoms with Crippen LogP contribution in [0, 0.1) is 0 Å². The van der Waals surface area contributed by atoms with E-state index in [1.165, 1.54) is 0 Å². The van der Waals surface area contributed by atoms with Gasteiger partial charge in [0.1, 0.15) is 5.82 Å². The highest BCUT2D eigenvalue weighted by atomic mass is 16.5. The van der Waals surface area contributed by atoms with E-state index in [4.69, 9.17) is 10.5 Å². The number of nitrogens with zero attached hydrogens (tertiary/aromatic N) is 1. The van der Waals surface area contributed by atoms with Gasteiger partial charge in [-0.25, -0.2) is 0 Å². The molecule has 1 aliphatic rings. The second kappa shape index (κ2) is 5.57. The van der Waals surface area contributed by atoms with E-state index in [1.54, 1.807) is 0 Å². The molecule has 0 bridgehead atoms. The summed E-state index contributed by atoms with van der Waals surface area (Å²) >= 11 is 0. The van der Waals surface area contributed by atoms with E-state index in [0.717, 1.165) is 25.1 Å². The average molecular weight is 233 g/mol. The van der Waals surface area contributed by atoms with Crippen LogP contribution in [0.3, 0.4) is 0 Å². The van der Waals surface area contributed by atoms with Crippen molar-refractivity contribution in [3.05, 3.63) is 24.3 Å². The number of nitrogens with two attached hydrogens (primary N) is 1. The Labute approximate surface area is 102 Å². The highest BCUT2D eigenvalue weighted by Gasteiger charge is 2.11. The summed E-state index contributed by atoms with van der Waals surface area (Å²) in [5.74, 6) is 1.35. The zero-order valence-corrected chi connectivity index (χ0v) is 10.1. The SMILES string of the molecule is CCOc1nc(NC2CC=CCC2)ccc1N. The predicted octanol–water partition coefficient (Wildman–Crippen LogP) is 2.58. The Balaban J connectivity index is 2.05. The van der Waals surface area contributed by atoms with Crippen molar-refractivity contribution in [2.24, 2.45) is 0 Å². The van der Waals surface area contributed by atoms with E-state index < -0.39 is 0 Å². The van der Waals surface area contributed by atoms with Crippen LogP contribution in [0.1, 0.15) is 26.2 Å². The first-order chi connectivity index (χ1) is 8.29. The summed E-state index contributed by atoms with van der Waals surface area (Å²) in [6.45, 7) is 2.50. The molecule has 1 aromatic rings. The molecule has 2 rings (SSSR count). The van der Waals surface area contributed by atoms with Crippen LogP contribution in [0.2, 0.25) is 0 Å². The lowest BCUT2D eigenvalue weighted by molar-refractivity contribution is 0.329. The molecule has 0 radical (unpaired) electrons. The van der Waals surface area contributed by atoms with E-state index in [2.05, 4.69) is 22.5 Å². The van der Waals surface area contributed by atoms with Crippen LogP contribution in [0.25, 0.3) is 0 Å². The van der Waals surface area contributed by atoms with Crippen LogP contribution < -0.4 is 15.8 Å². The maximum atomic E-state index is 5.78. The van der Waals surface area contributed by atoms with Crippen molar-refractivity contribution in [2.45, 2.75) is 32.2 Å². The van der Waals surface area contributed by atoms with Crippen LogP contribution in [0.5, 0.6) is 5.88 Å². The zero-order valence-electron chi connectivity index (χ0n) is 10.1. The number of ether oxygens (including phenoxy) is 1. The summed E-state index contributed by atoms with van der Waals surface area (Å²) in [5.41, 5.74) is 6.37. The van der Waals surface area contributed by atoms with Gasteiger partial charge >= 0.3 is 0 Å². The van der Waals surface area contributed by atoms with Crippen molar-refractivity contribution in [1.82, 2.24) is 4.98 Å². The van der Waals surface area contributed by atoms with Crippen LogP contribution >= 0.6 is 0 Å². The van der Waals surface area contributed by atoms with E-state index >= 15 is 0 Å². The van der Waals surface area contributed by atoms with Gasteiger partial charge in [-0.15, -0.1) is 0 Å². The average Bonchev–Trinajstić information content (AvgIpc) is 2.35. The summed E-state index contributed by atoms with van der Waals surface area (Å²) < 4.78 is 5.38. The van der Waals surface area contributed by atoms with Crippen molar-refractivity contribution in [1.29, 1.82) is 0 Å². The van der Waals surface area contributed by atoms with E-state index in [-0.39, 0.29) is 0 Å². The Morgan fingerprint density at radius 3 is 3.06 bits per heavy atom. The molecule has 0 saturated heterocycles. The Morgan fingerprint density at radius 2 is 2.35 bits per heavy atom. The molecule has 4 nitrogen and oxygen atoms in total. The minimum absolute atomic E-state index is 0.464. The van der Waals surface area contributed by atoms with Gasteiger partial charge in [0.15, 0.2) is 0 Å². The monoisotopic (exact) mass is 233 g/mol. The van der Waals surface area contributed by atoms with Crippen molar-refractivity contribution in [3.8, 4) is 5.88 Å². The maximum absolute atomic E-state index is 5.78. The van der Waals surface area contributed by atoms with E-state index in [0.29, 0.717) is 24.2 Å². The summed E-state index contributed by atoms with van der Waals surface area (Å²) in [7, 11) is 0. The molecule has 3 N–H and O–H groups in total. The molecule has 0 saturated carbocycles. The van der Waals surface area contributed by atoms with Gasteiger partial charge in [0.05, 0.1) is 12.3 Å². The molecule has 1 atom stereocenters. The van der Waals surface area contributed by atoms with Crippen LogP contribution in [-0.2, 0) is 0 Å². The van der Waals surface area contributed by atoms with Gasteiger partial charge < -0.3 is 15.8 Å². The summed E-state index contributed by atoms with van der Waals surface area (Å²) in [5, 5.41) is 3.41. The Morgan fingerprint density at radius 1 is 1.47 bits per heavy atom. The fourth-order valence-corrected chi connectivity index (χ4v) is 1.92. The maximum Gasteiger partial charge on any atom is 0.239 e. The molecule has 0 aliphatic heterocycles. The molecule has 1 unspecified atom stereocenters. The molecule has 0 spiro atoms. The first-order valence-electron chi connectivity index (χ1n) is 6.10. The number of rotatable bonds is 4. The molecular formula is C13H19N3O. The Kier molecular flexibility index (Phi) is 3.85. The Bertz CT molecular complexity index is 404. The number of pyridine rings is 1. The lowest BCUT2D eigenvalue weighted by Crippen LogP contribution is -2.21. The number of hydrogen-bond donors (Lipinski definition) is 2. The number of nitrogens with one attached hydrogen (secondary N) is 1. The third kappa shape index (κ3) is 3.12. The molecule has 17 heavy (non-hydrogen) atoms. The largest absolute Gasteiger partial charge is 0.476 e. The summed E-state index contributed by atoms with van der Waals surface area (Å²) in [6.07, 6.45) is 7.76. The van der Waals surface area contributed by atoms with Gasteiger partial charge in [0.2, 0.25) is 5.88 Å². The van der Waals surface area contributed by atoms with Crippen molar-refractivity contribution in [2.75, 3.05) is 17.7 Å². The zero-order chi connectivity index (χ0) is 12.1. The van der Waals surface area contributed by atoms with Crippen LogP contribution in [0.15, 0.2) is 24.3 Å². The van der Waals surface area contributed by atoms with Crippen molar-refractivity contribution >= 4 is 11.5 Å². The minimum atomic E-state index is 0.464. The fraction of sp³-hybridized carbons (Fsp3) is 0.462. The quantitative estimate of drug-likeness (QED) is 0.785. The molecule has 92 valence electrons. The smallest absolute Gasteiger partial charge is 0.239 e. The van der Waals surface area contributed by atoms with Gasteiger partial charge in [0.25, 0.3) is 0 Å². The first kappa shape index (κ1) is 11.8. The molecule has 1 heterocycles. The minimum Gasteiger partial charge on any atom is -0.476 e. The number of allylic oxidation sites excluding steroid dienone is 1. The lowest BCUT2D eigenvalue weighted by Gasteiger charge is -2.20. The van der Waals surface area contributed by atoms with Gasteiger partial charge in [-0.3, -0.25) is 0 Å². The number of hydrogen-bond acceptors (Lipinski definition) is 4. The lowest BCUT2D eigenvalue weighted by atomic mass is 10.0. The summed E-state index contributed by atoms with van der Waals surface area (Å²) in [4.78, 5) is 4.37. The fourth-order valence-electron chi connectivity index (χ4n) is 1.92. The van der Waals surface area contributed by atoms with Gasteiger partial charge in [-0.1, -0.05) is 12.2 Å². The highest BCUT2D eigenvalue weighted by molar-refractivity contribution is 5.53. The predicted molar refractivity (Wildman–Crippen MR) is 70.2 cm³/mol. The second-order valence-electron chi connectivity index (χ2n) is 4.15. The molecule has 1 aliphatic carbocycles. The number of aromatic nitrogens is 1. The topological polar surface area (TPSA) is 60.2 Å². The van der Waals surface area contributed by atoms with Gasteiger partial charge in [-0.05, 0) is 38.3 Å². The van der Waals surface area contributed by atoms with E-state index in [9.17, 15) is 0 Å². The van der Waals surface area contributed by atoms with Gasteiger partial charge in [0, 0.05) is 6.04 Å². The third-order valence-electron chi connectivity index (χ3n) is 2.79. The highest BCUT2D eigenvalue weighted by Crippen LogP contribution is 2.22. The summed E-state index contributed by atoms with van der Waals surface area (Å²) in [6, 6.07) is 4.19. The standard InChI is InChI=1S/C13H19N3O/c1-2-17-13-11(14)8-9-12(16-13)15-10-6-4-3-5-7-10/h3-4,8-10H,2,5-7,14H2,1H3,(H,15,16). The first-order valence-corrected chi connectivity index (χ1v) is 6.10. The Hall–Kier alpha value is -1.71. The number of nitrogen functional groups attached to an aromatic ring is 1. The van der Waals surface area contributed by atoms with Crippen LogP contribution in [-0.4, -0.2) is 17.6 Å².